The van der Waals surface area contributed by atoms with Gasteiger partial charge in [0, 0.05) is 11.1 Å². The molecule has 0 aliphatic heterocycles. The van der Waals surface area contributed by atoms with Crippen molar-refractivity contribution in [2.75, 3.05) is 5.73 Å². The number of rotatable bonds is 3. The molecule has 0 fully saturated rings. The standard InChI is InChI=1S/C15H14F2N2O/c1-9(11-4-2-3-5-12(11)16)19-15(20)10-6-7-13(17)14(18)8-10/h2-9H,18H2,1H3,(H,19,20). The molecule has 0 bridgehead atoms. The van der Waals surface area contributed by atoms with E-state index in [1.807, 2.05) is 0 Å². The molecule has 1 unspecified atom stereocenters. The zero-order chi connectivity index (χ0) is 14.7. The molecule has 0 aliphatic rings. The van der Waals surface area contributed by atoms with Gasteiger partial charge in [0.25, 0.3) is 5.91 Å². The minimum atomic E-state index is -0.580. The van der Waals surface area contributed by atoms with Gasteiger partial charge in [-0.25, -0.2) is 8.78 Å². The SMILES string of the molecule is CC(NC(=O)c1ccc(F)c(N)c1)c1ccccc1F. The number of hydrogen-bond acceptors (Lipinski definition) is 2. The number of anilines is 1. The van der Waals surface area contributed by atoms with Crippen molar-refractivity contribution in [2.45, 2.75) is 13.0 Å². The topological polar surface area (TPSA) is 55.1 Å². The van der Waals surface area contributed by atoms with Crippen molar-refractivity contribution in [1.82, 2.24) is 5.32 Å². The van der Waals surface area contributed by atoms with Crippen molar-refractivity contribution < 1.29 is 13.6 Å². The van der Waals surface area contributed by atoms with Gasteiger partial charge in [0.05, 0.1) is 11.7 Å². The number of hydrogen-bond donors (Lipinski definition) is 2. The summed E-state index contributed by atoms with van der Waals surface area (Å²) in [5.41, 5.74) is 5.92. The third kappa shape index (κ3) is 2.93. The fraction of sp³-hybridized carbons (Fsp3) is 0.133. The van der Waals surface area contributed by atoms with Gasteiger partial charge >= 0.3 is 0 Å². The van der Waals surface area contributed by atoms with Gasteiger partial charge in [0.2, 0.25) is 0 Å². The summed E-state index contributed by atoms with van der Waals surface area (Å²) in [6.07, 6.45) is 0. The second-order valence-corrected chi connectivity index (χ2v) is 4.45. The number of amides is 1. The van der Waals surface area contributed by atoms with Crippen LogP contribution in [0.2, 0.25) is 0 Å². The normalized spacial score (nSPS) is 11.9. The fourth-order valence-corrected chi connectivity index (χ4v) is 1.87. The summed E-state index contributed by atoms with van der Waals surface area (Å²) in [6.45, 7) is 1.67. The van der Waals surface area contributed by atoms with E-state index in [9.17, 15) is 13.6 Å². The van der Waals surface area contributed by atoms with Crippen molar-refractivity contribution >= 4 is 11.6 Å². The number of nitrogen functional groups attached to an aromatic ring is 1. The highest BCUT2D eigenvalue weighted by Gasteiger charge is 2.15. The molecule has 3 N–H and O–H groups in total. The van der Waals surface area contributed by atoms with Crippen molar-refractivity contribution in [3.63, 3.8) is 0 Å². The van der Waals surface area contributed by atoms with Crippen LogP contribution < -0.4 is 11.1 Å². The molecule has 2 rings (SSSR count). The summed E-state index contributed by atoms with van der Waals surface area (Å²) in [6, 6.07) is 9.39. The van der Waals surface area contributed by atoms with Crippen LogP contribution in [0.3, 0.4) is 0 Å². The van der Waals surface area contributed by atoms with Crippen molar-refractivity contribution in [1.29, 1.82) is 0 Å². The van der Waals surface area contributed by atoms with E-state index < -0.39 is 17.8 Å². The first-order valence-electron chi connectivity index (χ1n) is 6.09. The first-order valence-corrected chi connectivity index (χ1v) is 6.09. The van der Waals surface area contributed by atoms with Gasteiger partial charge in [-0.1, -0.05) is 18.2 Å². The van der Waals surface area contributed by atoms with E-state index in [2.05, 4.69) is 5.32 Å². The van der Waals surface area contributed by atoms with E-state index in [0.717, 1.165) is 6.07 Å². The minimum absolute atomic E-state index is 0.101. The van der Waals surface area contributed by atoms with E-state index in [-0.39, 0.29) is 17.1 Å². The van der Waals surface area contributed by atoms with Crippen LogP contribution in [0, 0.1) is 11.6 Å². The Bertz CT molecular complexity index is 644. The molecule has 2 aromatic carbocycles. The van der Waals surface area contributed by atoms with Crippen LogP contribution in [0.15, 0.2) is 42.5 Å². The lowest BCUT2D eigenvalue weighted by atomic mass is 10.1. The summed E-state index contributed by atoms with van der Waals surface area (Å²) in [7, 11) is 0. The number of halogens is 2. The smallest absolute Gasteiger partial charge is 0.251 e. The lowest BCUT2D eigenvalue weighted by molar-refractivity contribution is 0.0939. The molecular weight excluding hydrogens is 262 g/mol. The molecule has 0 heterocycles. The molecular formula is C15H14F2N2O. The van der Waals surface area contributed by atoms with Crippen LogP contribution in [0.5, 0.6) is 0 Å². The fourth-order valence-electron chi connectivity index (χ4n) is 1.87. The van der Waals surface area contributed by atoms with Crippen molar-refractivity contribution in [3.05, 3.63) is 65.2 Å². The maximum atomic E-state index is 13.6. The average Bonchev–Trinajstić information content (AvgIpc) is 2.42. The highest BCUT2D eigenvalue weighted by Crippen LogP contribution is 2.18. The Morgan fingerprint density at radius 1 is 1.15 bits per heavy atom. The van der Waals surface area contributed by atoms with Crippen LogP contribution in [-0.4, -0.2) is 5.91 Å². The summed E-state index contributed by atoms with van der Waals surface area (Å²) >= 11 is 0. The molecule has 1 amide bonds. The Labute approximate surface area is 115 Å². The van der Waals surface area contributed by atoms with Crippen molar-refractivity contribution in [3.8, 4) is 0 Å². The number of carbonyl (C=O) groups excluding carboxylic acids is 1. The van der Waals surface area contributed by atoms with Gasteiger partial charge in [0.15, 0.2) is 0 Å². The summed E-state index contributed by atoms with van der Waals surface area (Å²) in [4.78, 5) is 12.0. The Hall–Kier alpha value is -2.43. The zero-order valence-corrected chi connectivity index (χ0v) is 10.9. The summed E-state index contributed by atoms with van der Waals surface area (Å²) in [5, 5.41) is 2.64. The maximum absolute atomic E-state index is 13.6. The molecule has 0 aromatic heterocycles. The molecule has 0 aliphatic carbocycles. The molecule has 0 saturated heterocycles. The number of benzene rings is 2. The van der Waals surface area contributed by atoms with Gasteiger partial charge in [0.1, 0.15) is 11.6 Å². The summed E-state index contributed by atoms with van der Waals surface area (Å²) < 4.78 is 26.6. The zero-order valence-electron chi connectivity index (χ0n) is 10.9. The van der Waals surface area contributed by atoms with E-state index in [0.29, 0.717) is 5.56 Å². The highest BCUT2D eigenvalue weighted by atomic mass is 19.1. The van der Waals surface area contributed by atoms with Crippen LogP contribution in [-0.2, 0) is 0 Å². The van der Waals surface area contributed by atoms with Gasteiger partial charge in [-0.15, -0.1) is 0 Å². The van der Waals surface area contributed by atoms with Crippen LogP contribution in [0.25, 0.3) is 0 Å². The predicted octanol–water partition coefficient (Wildman–Crippen LogP) is 3.04. The third-order valence-corrected chi connectivity index (χ3v) is 2.98. The monoisotopic (exact) mass is 276 g/mol. The Morgan fingerprint density at radius 2 is 1.85 bits per heavy atom. The summed E-state index contributed by atoms with van der Waals surface area (Å²) in [5.74, 6) is -1.41. The predicted molar refractivity (Wildman–Crippen MR) is 73.1 cm³/mol. The third-order valence-electron chi connectivity index (χ3n) is 2.98. The molecule has 1 atom stereocenters. The molecule has 3 nitrogen and oxygen atoms in total. The Balaban J connectivity index is 2.15. The van der Waals surface area contributed by atoms with E-state index in [4.69, 9.17) is 5.73 Å². The highest BCUT2D eigenvalue weighted by molar-refractivity contribution is 5.95. The van der Waals surface area contributed by atoms with Crippen LogP contribution in [0.1, 0.15) is 28.9 Å². The average molecular weight is 276 g/mol. The van der Waals surface area contributed by atoms with Gasteiger partial charge in [-0.2, -0.15) is 0 Å². The van der Waals surface area contributed by atoms with Crippen LogP contribution in [0.4, 0.5) is 14.5 Å². The maximum Gasteiger partial charge on any atom is 0.251 e. The van der Waals surface area contributed by atoms with Gasteiger partial charge in [-0.05, 0) is 31.2 Å². The molecule has 20 heavy (non-hydrogen) atoms. The largest absolute Gasteiger partial charge is 0.396 e. The second-order valence-electron chi connectivity index (χ2n) is 4.45. The van der Waals surface area contributed by atoms with Crippen LogP contribution >= 0.6 is 0 Å². The number of nitrogens with two attached hydrogens (primary N) is 1. The van der Waals surface area contributed by atoms with Gasteiger partial charge in [-0.3, -0.25) is 4.79 Å². The molecule has 0 radical (unpaired) electrons. The molecule has 0 spiro atoms. The first kappa shape index (κ1) is 14.0. The molecule has 2 aromatic rings. The molecule has 104 valence electrons. The van der Waals surface area contributed by atoms with Gasteiger partial charge < -0.3 is 11.1 Å². The lowest BCUT2D eigenvalue weighted by Gasteiger charge is -2.15. The lowest BCUT2D eigenvalue weighted by Crippen LogP contribution is -2.27. The molecule has 5 heteroatoms. The van der Waals surface area contributed by atoms with E-state index in [1.54, 1.807) is 25.1 Å². The second kappa shape index (κ2) is 5.69. The number of carbonyl (C=O) groups is 1. The Morgan fingerprint density at radius 3 is 2.50 bits per heavy atom. The Kier molecular flexibility index (Phi) is 3.98. The quantitative estimate of drug-likeness (QED) is 0.847. The minimum Gasteiger partial charge on any atom is -0.396 e. The first-order chi connectivity index (χ1) is 9.49. The number of nitrogens with one attached hydrogen (secondary N) is 1. The van der Waals surface area contributed by atoms with E-state index >= 15 is 0 Å². The molecule has 0 saturated carbocycles. The van der Waals surface area contributed by atoms with E-state index in [1.165, 1.54) is 18.2 Å². The van der Waals surface area contributed by atoms with Crippen molar-refractivity contribution in [2.24, 2.45) is 0 Å².